The molecule has 0 aromatic carbocycles. The van der Waals surface area contributed by atoms with Crippen molar-refractivity contribution in [3.63, 3.8) is 0 Å². The molecular weight excluding hydrogens is 194 g/mol. The second-order valence-electron chi connectivity index (χ2n) is 3.66. The third-order valence-electron chi connectivity index (χ3n) is 2.73. The number of carbonyl (C=O) groups excluding carboxylic acids is 1. The Morgan fingerprint density at radius 1 is 1.73 bits per heavy atom. The molecule has 0 aliphatic carbocycles. The summed E-state index contributed by atoms with van der Waals surface area (Å²) in [6.07, 6.45) is 2.34. The van der Waals surface area contributed by atoms with Gasteiger partial charge in [-0.05, 0) is 19.4 Å². The van der Waals surface area contributed by atoms with Gasteiger partial charge in [0, 0.05) is 20.3 Å². The molecule has 1 aliphatic rings. The van der Waals surface area contributed by atoms with E-state index in [1.165, 1.54) is 6.08 Å². The highest BCUT2D eigenvalue weighted by Gasteiger charge is 2.31. The number of hydrogen-bond donors (Lipinski definition) is 0. The molecule has 1 aliphatic heterocycles. The molecule has 1 fully saturated rings. The zero-order valence-electron chi connectivity index (χ0n) is 9.44. The van der Waals surface area contributed by atoms with Gasteiger partial charge in [-0.25, -0.2) is 0 Å². The Bertz CT molecular complexity index is 230. The summed E-state index contributed by atoms with van der Waals surface area (Å²) in [6, 6.07) is 0.158. The maximum atomic E-state index is 11.6. The van der Waals surface area contributed by atoms with E-state index in [2.05, 4.69) is 6.58 Å². The van der Waals surface area contributed by atoms with Crippen LogP contribution < -0.4 is 0 Å². The van der Waals surface area contributed by atoms with Gasteiger partial charge in [0.2, 0.25) is 5.91 Å². The number of hydrogen-bond acceptors (Lipinski definition) is 3. The van der Waals surface area contributed by atoms with Crippen LogP contribution in [0.25, 0.3) is 0 Å². The van der Waals surface area contributed by atoms with Crippen molar-refractivity contribution < 1.29 is 14.3 Å². The van der Waals surface area contributed by atoms with Crippen molar-refractivity contribution in [2.24, 2.45) is 0 Å². The van der Waals surface area contributed by atoms with Crippen molar-refractivity contribution in [1.82, 2.24) is 4.90 Å². The monoisotopic (exact) mass is 213 g/mol. The highest BCUT2D eigenvalue weighted by atomic mass is 16.5. The van der Waals surface area contributed by atoms with E-state index in [1.54, 1.807) is 12.0 Å². The predicted molar refractivity (Wildman–Crippen MR) is 57.6 cm³/mol. The summed E-state index contributed by atoms with van der Waals surface area (Å²) in [4.78, 5) is 13.4. The first-order valence-electron chi connectivity index (χ1n) is 5.24. The van der Waals surface area contributed by atoms with Crippen LogP contribution in [0, 0.1) is 0 Å². The normalized spacial score (nSPS) is 25.2. The molecule has 15 heavy (non-hydrogen) atoms. The molecule has 1 heterocycles. The molecule has 4 heteroatoms. The SMILES string of the molecule is C=CC(=O)N(CCOC)C1CCOC1C. The Morgan fingerprint density at radius 3 is 2.93 bits per heavy atom. The van der Waals surface area contributed by atoms with Gasteiger partial charge in [-0.15, -0.1) is 0 Å². The second kappa shape index (κ2) is 5.88. The maximum absolute atomic E-state index is 11.6. The van der Waals surface area contributed by atoms with Crippen molar-refractivity contribution in [2.45, 2.75) is 25.5 Å². The fourth-order valence-electron chi connectivity index (χ4n) is 1.88. The van der Waals surface area contributed by atoms with Crippen LogP contribution in [-0.4, -0.2) is 49.8 Å². The van der Waals surface area contributed by atoms with Crippen LogP contribution in [-0.2, 0) is 14.3 Å². The van der Waals surface area contributed by atoms with Gasteiger partial charge in [0.25, 0.3) is 0 Å². The van der Waals surface area contributed by atoms with Crippen LogP contribution in [0.15, 0.2) is 12.7 Å². The molecule has 0 radical (unpaired) electrons. The summed E-state index contributed by atoms with van der Waals surface area (Å²) in [7, 11) is 1.63. The molecule has 0 spiro atoms. The average molecular weight is 213 g/mol. The van der Waals surface area contributed by atoms with Gasteiger partial charge in [0.15, 0.2) is 0 Å². The van der Waals surface area contributed by atoms with Crippen LogP contribution in [0.5, 0.6) is 0 Å². The first-order chi connectivity index (χ1) is 7.20. The van der Waals surface area contributed by atoms with E-state index in [9.17, 15) is 4.79 Å². The van der Waals surface area contributed by atoms with Crippen LogP contribution in [0.2, 0.25) is 0 Å². The number of rotatable bonds is 5. The second-order valence-corrected chi connectivity index (χ2v) is 3.66. The third kappa shape index (κ3) is 3.04. The summed E-state index contributed by atoms with van der Waals surface area (Å²) < 4.78 is 10.4. The lowest BCUT2D eigenvalue weighted by Crippen LogP contribution is -2.44. The van der Waals surface area contributed by atoms with Gasteiger partial charge < -0.3 is 14.4 Å². The standard InChI is InChI=1S/C11H19NO3/c1-4-11(13)12(6-8-14-3)10-5-7-15-9(10)2/h4,9-10H,1,5-8H2,2-3H3. The topological polar surface area (TPSA) is 38.8 Å². The number of methoxy groups -OCH3 is 1. The minimum atomic E-state index is -0.0469. The Balaban J connectivity index is 2.61. The smallest absolute Gasteiger partial charge is 0.246 e. The molecular formula is C11H19NO3. The molecule has 0 saturated carbocycles. The van der Waals surface area contributed by atoms with Crippen molar-refractivity contribution in [2.75, 3.05) is 26.9 Å². The van der Waals surface area contributed by atoms with Crippen LogP contribution in [0.4, 0.5) is 0 Å². The Kier molecular flexibility index (Phi) is 4.78. The maximum Gasteiger partial charge on any atom is 0.246 e. The fourth-order valence-corrected chi connectivity index (χ4v) is 1.88. The number of amides is 1. The van der Waals surface area contributed by atoms with Gasteiger partial charge >= 0.3 is 0 Å². The average Bonchev–Trinajstić information content (AvgIpc) is 2.65. The molecule has 1 amide bonds. The molecule has 0 aromatic heterocycles. The minimum Gasteiger partial charge on any atom is -0.383 e. The van der Waals surface area contributed by atoms with Crippen molar-refractivity contribution in [3.05, 3.63) is 12.7 Å². The van der Waals surface area contributed by atoms with Crippen molar-refractivity contribution in [3.8, 4) is 0 Å². The fraction of sp³-hybridized carbons (Fsp3) is 0.727. The summed E-state index contributed by atoms with van der Waals surface area (Å²) in [5.41, 5.74) is 0. The van der Waals surface area contributed by atoms with Crippen LogP contribution in [0.1, 0.15) is 13.3 Å². The van der Waals surface area contributed by atoms with E-state index in [1.807, 2.05) is 6.92 Å². The summed E-state index contributed by atoms with van der Waals surface area (Å²) >= 11 is 0. The molecule has 1 rings (SSSR count). The minimum absolute atomic E-state index is 0.0469. The lowest BCUT2D eigenvalue weighted by molar-refractivity contribution is -0.130. The summed E-state index contributed by atoms with van der Waals surface area (Å²) in [6.45, 7) is 7.37. The zero-order chi connectivity index (χ0) is 11.3. The van der Waals surface area contributed by atoms with Gasteiger partial charge in [0.05, 0.1) is 18.8 Å². The number of nitrogens with zero attached hydrogens (tertiary/aromatic N) is 1. The largest absolute Gasteiger partial charge is 0.383 e. The molecule has 4 nitrogen and oxygen atoms in total. The third-order valence-corrected chi connectivity index (χ3v) is 2.73. The van der Waals surface area contributed by atoms with E-state index in [4.69, 9.17) is 9.47 Å². The zero-order valence-corrected chi connectivity index (χ0v) is 9.44. The lowest BCUT2D eigenvalue weighted by Gasteiger charge is -2.29. The van der Waals surface area contributed by atoms with Crippen LogP contribution in [0.3, 0.4) is 0 Å². The predicted octanol–water partition coefficient (Wildman–Crippen LogP) is 0.825. The number of ether oxygens (including phenoxy) is 2. The Hall–Kier alpha value is -0.870. The molecule has 2 atom stereocenters. The number of carbonyl (C=O) groups is 1. The molecule has 1 saturated heterocycles. The van der Waals surface area contributed by atoms with Gasteiger partial charge in [-0.1, -0.05) is 6.58 Å². The molecule has 86 valence electrons. The quantitative estimate of drug-likeness (QED) is 0.635. The summed E-state index contributed by atoms with van der Waals surface area (Å²) in [5.74, 6) is -0.0469. The highest BCUT2D eigenvalue weighted by molar-refractivity contribution is 5.87. The van der Waals surface area contributed by atoms with E-state index in [0.29, 0.717) is 13.2 Å². The van der Waals surface area contributed by atoms with E-state index in [0.717, 1.165) is 13.0 Å². The Labute approximate surface area is 90.8 Å². The van der Waals surface area contributed by atoms with Gasteiger partial charge in [-0.3, -0.25) is 4.79 Å². The molecule has 0 N–H and O–H groups in total. The van der Waals surface area contributed by atoms with E-state index < -0.39 is 0 Å². The highest BCUT2D eigenvalue weighted by Crippen LogP contribution is 2.19. The summed E-state index contributed by atoms with van der Waals surface area (Å²) in [5, 5.41) is 0. The van der Waals surface area contributed by atoms with Crippen molar-refractivity contribution >= 4 is 5.91 Å². The molecule has 0 bridgehead atoms. The first kappa shape index (κ1) is 12.2. The van der Waals surface area contributed by atoms with Crippen LogP contribution >= 0.6 is 0 Å². The van der Waals surface area contributed by atoms with Crippen molar-refractivity contribution in [1.29, 1.82) is 0 Å². The van der Waals surface area contributed by atoms with E-state index >= 15 is 0 Å². The Morgan fingerprint density at radius 2 is 2.47 bits per heavy atom. The van der Waals surface area contributed by atoms with Gasteiger partial charge in [0.1, 0.15) is 0 Å². The van der Waals surface area contributed by atoms with E-state index in [-0.39, 0.29) is 18.1 Å². The first-order valence-corrected chi connectivity index (χ1v) is 5.24. The van der Waals surface area contributed by atoms with Gasteiger partial charge in [-0.2, -0.15) is 0 Å². The molecule has 2 unspecified atom stereocenters. The lowest BCUT2D eigenvalue weighted by atomic mass is 10.1. The molecule has 0 aromatic rings.